The highest BCUT2D eigenvalue weighted by molar-refractivity contribution is 5.71. The molecule has 0 spiro atoms. The van der Waals surface area contributed by atoms with E-state index in [-0.39, 0.29) is 37.5 Å². The molecule has 0 amide bonds. The maximum absolute atomic E-state index is 12.6. The molecule has 6 nitrogen and oxygen atoms in total. The van der Waals surface area contributed by atoms with E-state index in [1.54, 1.807) is 0 Å². The lowest BCUT2D eigenvalue weighted by molar-refractivity contribution is -0.167. The Hall–Kier alpha value is -3.93. The van der Waals surface area contributed by atoms with Crippen molar-refractivity contribution in [1.29, 1.82) is 0 Å². The molecule has 0 aromatic carbocycles. The first-order valence-corrected chi connectivity index (χ1v) is 24.4. The summed E-state index contributed by atoms with van der Waals surface area (Å²) in [5.41, 5.74) is 0. The van der Waals surface area contributed by atoms with Crippen LogP contribution in [0.5, 0.6) is 0 Å². The number of unbranched alkanes of at least 4 members (excludes halogenated alkanes) is 13. The predicted octanol–water partition coefficient (Wildman–Crippen LogP) is 16.0. The van der Waals surface area contributed by atoms with Gasteiger partial charge in [-0.25, -0.2) is 0 Å². The summed E-state index contributed by atoms with van der Waals surface area (Å²) in [7, 11) is 0. The lowest BCUT2D eigenvalue weighted by atomic mass is 10.1. The summed E-state index contributed by atoms with van der Waals surface area (Å²) in [5.74, 6) is -0.984. The number of hydrogen-bond donors (Lipinski definition) is 0. The molecule has 1 unspecified atom stereocenters. The van der Waals surface area contributed by atoms with E-state index < -0.39 is 6.10 Å². The standard InChI is InChI=1S/C55H88O6/c1-4-7-10-13-16-18-19-20-21-22-23-24-25-26-27-28-29-30-31-32-33-34-35-36-37-38-40-42-45-48-54(57)60-51-52(50-59-53(56)47-44-41-15-12-9-6-3)61-55(58)49-46-43-39-17-14-11-8-5-2/h7,10,16,18,20-21,23-24,26-27,29-30,32-33,35-36,38,40,52H,4-6,8-9,11-15,17,19,22,25,28,31,34,37,39,41-51H2,1-3H3/b10-7-,18-16-,21-20-,24-23-,27-26-,30-29-,33-32-,36-35-,40-38-. The number of esters is 3. The van der Waals surface area contributed by atoms with E-state index in [1.807, 2.05) is 0 Å². The fourth-order valence-corrected chi connectivity index (χ4v) is 6.15. The van der Waals surface area contributed by atoms with Gasteiger partial charge in [0.15, 0.2) is 6.10 Å². The molecule has 0 aromatic rings. The van der Waals surface area contributed by atoms with Crippen LogP contribution in [-0.2, 0) is 28.6 Å². The molecule has 0 radical (unpaired) electrons. The summed E-state index contributed by atoms with van der Waals surface area (Å²) in [6.07, 6.45) is 65.5. The van der Waals surface area contributed by atoms with E-state index in [9.17, 15) is 14.4 Å². The first kappa shape index (κ1) is 57.1. The second kappa shape index (κ2) is 48.7. The molecule has 0 saturated heterocycles. The molecule has 0 saturated carbocycles. The summed E-state index contributed by atoms with van der Waals surface area (Å²) in [6, 6.07) is 0. The minimum Gasteiger partial charge on any atom is -0.462 e. The van der Waals surface area contributed by atoms with Crippen molar-refractivity contribution in [2.24, 2.45) is 0 Å². The summed E-state index contributed by atoms with van der Waals surface area (Å²) in [6.45, 7) is 6.35. The largest absolute Gasteiger partial charge is 0.462 e. The Bertz CT molecular complexity index is 1290. The molecule has 344 valence electrons. The number of rotatable bonds is 42. The highest BCUT2D eigenvalue weighted by Gasteiger charge is 2.19. The first-order valence-electron chi connectivity index (χ1n) is 24.4. The van der Waals surface area contributed by atoms with Crippen LogP contribution in [-0.4, -0.2) is 37.2 Å². The quantitative estimate of drug-likeness (QED) is 0.0264. The SMILES string of the molecule is CC/C=C\C/C=C\C/C=C\C/C=C\C/C=C\C/C=C\C/C=C\C/C=C\C/C=C\CCCC(=O)OCC(COC(=O)CCCCCCCC)OC(=O)CCCCCCCCCC. The maximum Gasteiger partial charge on any atom is 0.306 e. The van der Waals surface area contributed by atoms with E-state index in [4.69, 9.17) is 14.2 Å². The van der Waals surface area contributed by atoms with Crippen LogP contribution in [0.25, 0.3) is 0 Å². The van der Waals surface area contributed by atoms with Crippen molar-refractivity contribution in [2.45, 2.75) is 207 Å². The third-order valence-electron chi connectivity index (χ3n) is 9.79. The molecule has 1 atom stereocenters. The molecular formula is C55H88O6. The highest BCUT2D eigenvalue weighted by atomic mass is 16.6. The van der Waals surface area contributed by atoms with Crippen molar-refractivity contribution in [3.05, 3.63) is 109 Å². The Morgan fingerprint density at radius 1 is 0.344 bits per heavy atom. The average Bonchev–Trinajstić information content (AvgIpc) is 3.26. The molecule has 0 aliphatic carbocycles. The third kappa shape index (κ3) is 47.0. The molecule has 0 bridgehead atoms. The molecule has 0 fully saturated rings. The Morgan fingerprint density at radius 2 is 0.639 bits per heavy atom. The monoisotopic (exact) mass is 845 g/mol. The van der Waals surface area contributed by atoms with Gasteiger partial charge in [0.2, 0.25) is 0 Å². The van der Waals surface area contributed by atoms with E-state index >= 15 is 0 Å². The number of ether oxygens (including phenoxy) is 3. The minimum absolute atomic E-state index is 0.0966. The third-order valence-corrected chi connectivity index (χ3v) is 9.79. The normalized spacial score (nSPS) is 13.0. The van der Waals surface area contributed by atoms with Crippen molar-refractivity contribution < 1.29 is 28.6 Å². The van der Waals surface area contributed by atoms with Gasteiger partial charge < -0.3 is 14.2 Å². The molecular weight excluding hydrogens is 757 g/mol. The fraction of sp³-hybridized carbons (Fsp3) is 0.618. The molecule has 0 aromatic heterocycles. The van der Waals surface area contributed by atoms with Gasteiger partial charge in [0.05, 0.1) is 0 Å². The predicted molar refractivity (Wildman–Crippen MR) is 260 cm³/mol. The van der Waals surface area contributed by atoms with Gasteiger partial charge in [0, 0.05) is 19.3 Å². The van der Waals surface area contributed by atoms with E-state index in [1.165, 1.54) is 51.4 Å². The Morgan fingerprint density at radius 3 is 1.00 bits per heavy atom. The van der Waals surface area contributed by atoms with Crippen LogP contribution in [0.4, 0.5) is 0 Å². The van der Waals surface area contributed by atoms with Crippen molar-refractivity contribution in [3.8, 4) is 0 Å². The second-order valence-corrected chi connectivity index (χ2v) is 15.6. The van der Waals surface area contributed by atoms with E-state index in [0.717, 1.165) is 103 Å². The molecule has 0 heterocycles. The van der Waals surface area contributed by atoms with Crippen molar-refractivity contribution >= 4 is 17.9 Å². The maximum atomic E-state index is 12.6. The summed E-state index contributed by atoms with van der Waals surface area (Å²) < 4.78 is 16.5. The van der Waals surface area contributed by atoms with Gasteiger partial charge in [-0.3, -0.25) is 14.4 Å². The molecule has 61 heavy (non-hydrogen) atoms. The van der Waals surface area contributed by atoms with Gasteiger partial charge in [0.25, 0.3) is 0 Å². The number of carbonyl (C=O) groups is 3. The van der Waals surface area contributed by atoms with Crippen LogP contribution in [0.3, 0.4) is 0 Å². The van der Waals surface area contributed by atoms with Crippen LogP contribution in [0.15, 0.2) is 109 Å². The van der Waals surface area contributed by atoms with Crippen LogP contribution in [0.2, 0.25) is 0 Å². The fourth-order valence-electron chi connectivity index (χ4n) is 6.15. The van der Waals surface area contributed by atoms with Gasteiger partial charge in [-0.2, -0.15) is 0 Å². The van der Waals surface area contributed by atoms with Crippen molar-refractivity contribution in [2.75, 3.05) is 13.2 Å². The second-order valence-electron chi connectivity index (χ2n) is 15.6. The van der Waals surface area contributed by atoms with E-state index in [2.05, 4.69) is 130 Å². The van der Waals surface area contributed by atoms with Crippen LogP contribution in [0, 0.1) is 0 Å². The zero-order valence-electron chi connectivity index (χ0n) is 39.1. The average molecular weight is 845 g/mol. The number of allylic oxidation sites excluding steroid dienone is 18. The topological polar surface area (TPSA) is 78.9 Å². The number of carbonyl (C=O) groups excluding carboxylic acids is 3. The van der Waals surface area contributed by atoms with Gasteiger partial charge in [-0.05, 0) is 83.5 Å². The lowest BCUT2D eigenvalue weighted by Crippen LogP contribution is -2.30. The Balaban J connectivity index is 4.22. The van der Waals surface area contributed by atoms with Crippen LogP contribution >= 0.6 is 0 Å². The molecule has 0 N–H and O–H groups in total. The van der Waals surface area contributed by atoms with Gasteiger partial charge >= 0.3 is 17.9 Å². The van der Waals surface area contributed by atoms with E-state index in [0.29, 0.717) is 19.3 Å². The first-order chi connectivity index (χ1) is 30.0. The highest BCUT2D eigenvalue weighted by Crippen LogP contribution is 2.12. The van der Waals surface area contributed by atoms with Crippen molar-refractivity contribution in [3.63, 3.8) is 0 Å². The summed E-state index contributed by atoms with van der Waals surface area (Å²) in [4.78, 5) is 37.4. The molecule has 0 aliphatic heterocycles. The smallest absolute Gasteiger partial charge is 0.306 e. The lowest BCUT2D eigenvalue weighted by Gasteiger charge is -2.18. The zero-order chi connectivity index (χ0) is 44.4. The molecule has 0 rings (SSSR count). The molecule has 0 aliphatic rings. The minimum atomic E-state index is -0.794. The zero-order valence-corrected chi connectivity index (χ0v) is 39.1. The van der Waals surface area contributed by atoms with Gasteiger partial charge in [-0.1, -0.05) is 207 Å². The Kier molecular flexibility index (Phi) is 45.6. The van der Waals surface area contributed by atoms with Crippen LogP contribution < -0.4 is 0 Å². The Labute approximate surface area is 374 Å². The van der Waals surface area contributed by atoms with Gasteiger partial charge in [-0.15, -0.1) is 0 Å². The molecule has 6 heteroatoms. The number of hydrogen-bond acceptors (Lipinski definition) is 6. The van der Waals surface area contributed by atoms with Crippen LogP contribution in [0.1, 0.15) is 201 Å². The summed E-state index contributed by atoms with van der Waals surface area (Å²) >= 11 is 0. The summed E-state index contributed by atoms with van der Waals surface area (Å²) in [5, 5.41) is 0. The van der Waals surface area contributed by atoms with Crippen molar-refractivity contribution in [1.82, 2.24) is 0 Å². The van der Waals surface area contributed by atoms with Gasteiger partial charge in [0.1, 0.15) is 13.2 Å².